The first kappa shape index (κ1) is 55.2. The van der Waals surface area contributed by atoms with Gasteiger partial charge in [0.15, 0.2) is 12.6 Å². The van der Waals surface area contributed by atoms with Gasteiger partial charge in [0.05, 0.1) is 13.2 Å². The molecule has 0 heterocycles. The van der Waals surface area contributed by atoms with E-state index >= 15 is 0 Å². The molecule has 8 heteroatoms. The van der Waals surface area contributed by atoms with Gasteiger partial charge in [0.1, 0.15) is 0 Å². The van der Waals surface area contributed by atoms with Gasteiger partial charge in [-0.15, -0.1) is 0 Å². The fourth-order valence-corrected chi connectivity index (χ4v) is 7.20. The number of nitrogens with zero attached hydrogens (tertiary/aromatic N) is 1. The first-order valence-electron chi connectivity index (χ1n) is 24.1. The van der Waals surface area contributed by atoms with Gasteiger partial charge in [-0.2, -0.15) is 0 Å². The van der Waals surface area contributed by atoms with E-state index in [-0.39, 0.29) is 18.9 Å². The number of unbranched alkanes of at least 4 members (excludes halogenated alkanes) is 12. The lowest BCUT2D eigenvalue weighted by molar-refractivity contribution is -0.163. The molecule has 56 heavy (non-hydrogen) atoms. The highest BCUT2D eigenvalue weighted by Gasteiger charge is 2.15. The van der Waals surface area contributed by atoms with Crippen LogP contribution in [-0.4, -0.2) is 86.3 Å². The summed E-state index contributed by atoms with van der Waals surface area (Å²) in [6.45, 7) is 20.9. The predicted octanol–water partition coefficient (Wildman–Crippen LogP) is 12.3. The monoisotopic (exact) mass is 800 g/mol. The van der Waals surface area contributed by atoms with E-state index in [1.54, 1.807) is 0 Å². The van der Waals surface area contributed by atoms with Crippen molar-refractivity contribution in [2.45, 2.75) is 228 Å². The summed E-state index contributed by atoms with van der Waals surface area (Å²) in [5.41, 5.74) is 0. The quantitative estimate of drug-likeness (QED) is 0.0357. The largest absolute Gasteiger partial charge is 0.465 e. The van der Waals surface area contributed by atoms with Crippen LogP contribution < -0.4 is 0 Å². The molecule has 0 aliphatic carbocycles. The zero-order chi connectivity index (χ0) is 41.5. The van der Waals surface area contributed by atoms with Crippen LogP contribution in [0.4, 0.5) is 0 Å². The second kappa shape index (κ2) is 41.0. The summed E-state index contributed by atoms with van der Waals surface area (Å²) in [5, 5.41) is 19.8. The molecule has 0 saturated heterocycles. The summed E-state index contributed by atoms with van der Waals surface area (Å²) in [4.78, 5) is 14.8. The molecule has 0 saturated carbocycles. The van der Waals surface area contributed by atoms with Crippen LogP contribution in [-0.2, 0) is 23.7 Å². The van der Waals surface area contributed by atoms with Crippen LogP contribution in [0.1, 0.15) is 215 Å². The van der Waals surface area contributed by atoms with Gasteiger partial charge in [0, 0.05) is 39.2 Å². The Morgan fingerprint density at radius 2 is 1.02 bits per heavy atom. The number of rotatable bonds is 44. The number of hydrogen-bond donors (Lipinski definition) is 2. The van der Waals surface area contributed by atoms with Crippen LogP contribution in [0.2, 0.25) is 0 Å². The molecule has 3 atom stereocenters. The van der Waals surface area contributed by atoms with Crippen molar-refractivity contribution in [1.29, 1.82) is 0 Å². The van der Waals surface area contributed by atoms with Crippen molar-refractivity contribution in [1.82, 2.24) is 4.90 Å². The minimum absolute atomic E-state index is 0.139. The maximum atomic E-state index is 12.6. The van der Waals surface area contributed by atoms with Crippen molar-refractivity contribution >= 4 is 5.97 Å². The smallest absolute Gasteiger partial charge is 0.305 e. The second-order valence-electron chi connectivity index (χ2n) is 18.0. The molecular formula is C48H97NO7. The van der Waals surface area contributed by atoms with Gasteiger partial charge in [-0.1, -0.05) is 151 Å². The van der Waals surface area contributed by atoms with Crippen LogP contribution in [0, 0.1) is 23.7 Å². The van der Waals surface area contributed by atoms with Gasteiger partial charge in [0.2, 0.25) is 0 Å². The predicted molar refractivity (Wildman–Crippen MR) is 236 cm³/mol. The topological polar surface area (TPSA) is 97.7 Å². The highest BCUT2D eigenvalue weighted by molar-refractivity contribution is 5.69. The van der Waals surface area contributed by atoms with Gasteiger partial charge in [-0.05, 0) is 88.1 Å². The van der Waals surface area contributed by atoms with Crippen molar-refractivity contribution < 1.29 is 34.0 Å². The summed E-state index contributed by atoms with van der Waals surface area (Å²) >= 11 is 0. The first-order chi connectivity index (χ1) is 27.1. The van der Waals surface area contributed by atoms with Crippen LogP contribution in [0.25, 0.3) is 0 Å². The minimum Gasteiger partial charge on any atom is -0.465 e. The normalized spacial score (nSPS) is 14.2. The molecule has 2 N–H and O–H groups in total. The fourth-order valence-electron chi connectivity index (χ4n) is 7.20. The number of hydrogen-bond acceptors (Lipinski definition) is 8. The van der Waals surface area contributed by atoms with E-state index in [0.717, 1.165) is 76.3 Å². The standard InChI is InChI=1S/C48H97NO7/c1-8-9-10-11-12-13-14-15-16-22-38-53-46(51)30-19-21-35-49(36-37-50)34-20-17-18-29-47(52)54-41-33-48(55-39-31-44(6)27-23-25-42(2)3)56-40-32-45(7)28-24-26-43(4)5/h42-46,48,50-51H,8-41H2,1-7H3. The number of ether oxygens (including phenoxy) is 4. The third kappa shape index (κ3) is 40.0. The number of aliphatic hydroxyl groups excluding tert-OH is 2. The van der Waals surface area contributed by atoms with Crippen molar-refractivity contribution in [3.63, 3.8) is 0 Å². The Kier molecular flexibility index (Phi) is 40.4. The summed E-state index contributed by atoms with van der Waals surface area (Å²) in [6.07, 6.45) is 27.8. The molecule has 0 bridgehead atoms. The molecule has 336 valence electrons. The molecule has 0 radical (unpaired) electrons. The molecule has 0 spiro atoms. The van der Waals surface area contributed by atoms with Gasteiger partial charge < -0.3 is 34.1 Å². The maximum Gasteiger partial charge on any atom is 0.305 e. The molecule has 0 aliphatic heterocycles. The molecule has 0 aromatic heterocycles. The molecule has 0 amide bonds. The average Bonchev–Trinajstić information content (AvgIpc) is 3.14. The highest BCUT2D eigenvalue weighted by Crippen LogP contribution is 2.19. The van der Waals surface area contributed by atoms with Crippen LogP contribution in [0.3, 0.4) is 0 Å². The Balaban J connectivity index is 4.22. The van der Waals surface area contributed by atoms with E-state index in [9.17, 15) is 15.0 Å². The zero-order valence-corrected chi connectivity index (χ0v) is 38.4. The van der Waals surface area contributed by atoms with Crippen LogP contribution in [0.15, 0.2) is 0 Å². The van der Waals surface area contributed by atoms with Gasteiger partial charge >= 0.3 is 5.97 Å². The maximum absolute atomic E-state index is 12.6. The van der Waals surface area contributed by atoms with Crippen LogP contribution in [0.5, 0.6) is 0 Å². The Morgan fingerprint density at radius 3 is 1.55 bits per heavy atom. The zero-order valence-electron chi connectivity index (χ0n) is 38.4. The minimum atomic E-state index is -0.679. The summed E-state index contributed by atoms with van der Waals surface area (Å²) in [6, 6.07) is 0. The van der Waals surface area contributed by atoms with Crippen LogP contribution >= 0.6 is 0 Å². The van der Waals surface area contributed by atoms with Crippen molar-refractivity contribution in [2.24, 2.45) is 23.7 Å². The Bertz CT molecular complexity index is 786. The van der Waals surface area contributed by atoms with Gasteiger partial charge in [0.25, 0.3) is 0 Å². The van der Waals surface area contributed by atoms with Gasteiger partial charge in [-0.25, -0.2) is 0 Å². The molecule has 0 fully saturated rings. The number of aliphatic hydroxyl groups is 2. The Hall–Kier alpha value is -0.770. The second-order valence-corrected chi connectivity index (χ2v) is 18.0. The van der Waals surface area contributed by atoms with E-state index in [2.05, 4.69) is 53.4 Å². The lowest BCUT2D eigenvalue weighted by Crippen LogP contribution is -2.29. The molecule has 0 aromatic rings. The SMILES string of the molecule is CCCCCCCCCCCCOC(O)CCCCN(CCO)CCCCCC(=O)OCCC(OCCC(C)CCCC(C)C)OCCC(C)CCCC(C)C. The molecule has 0 aliphatic rings. The summed E-state index contributed by atoms with van der Waals surface area (Å²) < 4.78 is 23.7. The lowest BCUT2D eigenvalue weighted by atomic mass is 9.97. The third-order valence-electron chi connectivity index (χ3n) is 11.2. The highest BCUT2D eigenvalue weighted by atomic mass is 16.7. The van der Waals surface area contributed by atoms with E-state index in [1.165, 1.54) is 96.3 Å². The molecule has 0 aromatic carbocycles. The molecule has 3 unspecified atom stereocenters. The molecule has 8 nitrogen and oxygen atoms in total. The van der Waals surface area contributed by atoms with Crippen molar-refractivity contribution in [2.75, 3.05) is 52.7 Å². The van der Waals surface area contributed by atoms with E-state index < -0.39 is 6.29 Å². The Morgan fingerprint density at radius 1 is 0.500 bits per heavy atom. The third-order valence-corrected chi connectivity index (χ3v) is 11.2. The first-order valence-corrected chi connectivity index (χ1v) is 24.1. The number of carbonyl (C=O) groups excluding carboxylic acids is 1. The fraction of sp³-hybridized carbons (Fsp3) is 0.979. The Labute approximate surface area is 348 Å². The average molecular weight is 800 g/mol. The van der Waals surface area contributed by atoms with E-state index in [0.29, 0.717) is 64.1 Å². The van der Waals surface area contributed by atoms with E-state index in [1.807, 2.05) is 0 Å². The molecule has 0 rings (SSSR count). The number of carbonyl (C=O) groups is 1. The lowest BCUT2D eigenvalue weighted by Gasteiger charge is -2.21. The summed E-state index contributed by atoms with van der Waals surface area (Å²) in [7, 11) is 0. The van der Waals surface area contributed by atoms with Crippen molar-refractivity contribution in [3.8, 4) is 0 Å². The van der Waals surface area contributed by atoms with E-state index in [4.69, 9.17) is 18.9 Å². The van der Waals surface area contributed by atoms with Crippen molar-refractivity contribution in [3.05, 3.63) is 0 Å². The summed E-state index contributed by atoms with van der Waals surface area (Å²) in [5.74, 6) is 2.62. The molecular weight excluding hydrogens is 703 g/mol. The van der Waals surface area contributed by atoms with Gasteiger partial charge in [-0.3, -0.25) is 4.79 Å². The number of esters is 1.